The second-order valence-electron chi connectivity index (χ2n) is 5.86. The molecule has 0 bridgehead atoms. The first-order chi connectivity index (χ1) is 11.3. The summed E-state index contributed by atoms with van der Waals surface area (Å²) in [5.41, 5.74) is 0.292. The first-order valence-electron chi connectivity index (χ1n) is 7.54. The molecule has 0 radical (unpaired) electrons. The van der Waals surface area contributed by atoms with Crippen molar-refractivity contribution in [3.63, 3.8) is 0 Å². The Labute approximate surface area is 137 Å². The van der Waals surface area contributed by atoms with E-state index in [0.29, 0.717) is 36.5 Å². The first-order valence-corrected chi connectivity index (χ1v) is 7.54. The minimum absolute atomic E-state index is 0.168. The molecule has 0 aliphatic carbocycles. The Morgan fingerprint density at radius 1 is 1.25 bits per heavy atom. The van der Waals surface area contributed by atoms with E-state index in [1.54, 1.807) is 38.4 Å². The van der Waals surface area contributed by atoms with Gasteiger partial charge in [0.2, 0.25) is 0 Å². The molecule has 0 atom stereocenters. The molecular formula is C16H17F3N4O. The van der Waals surface area contributed by atoms with Crippen molar-refractivity contribution in [2.24, 2.45) is 0 Å². The smallest absolute Gasteiger partial charge is 0.370 e. The van der Waals surface area contributed by atoms with Gasteiger partial charge in [0.15, 0.2) is 5.69 Å². The van der Waals surface area contributed by atoms with Gasteiger partial charge in [-0.1, -0.05) is 0 Å². The lowest BCUT2D eigenvalue weighted by Crippen LogP contribution is -2.21. The van der Waals surface area contributed by atoms with Gasteiger partial charge in [-0.15, -0.1) is 0 Å². The number of nitrogens with one attached hydrogen (secondary N) is 1. The predicted molar refractivity (Wildman–Crippen MR) is 83.4 cm³/mol. The normalized spacial score (nSPS) is 14.0. The van der Waals surface area contributed by atoms with Crippen molar-refractivity contribution < 1.29 is 18.0 Å². The zero-order valence-corrected chi connectivity index (χ0v) is 13.3. The van der Waals surface area contributed by atoms with Crippen LogP contribution in [0.15, 0.2) is 24.3 Å². The second kappa shape index (κ2) is 5.85. The summed E-state index contributed by atoms with van der Waals surface area (Å²) in [5, 5.41) is 6.78. The number of alkyl halides is 3. The molecule has 0 spiro atoms. The van der Waals surface area contributed by atoms with Crippen molar-refractivity contribution >= 4 is 11.7 Å². The Kier molecular flexibility index (Phi) is 3.98. The standard InChI is InChI=1S/C16H17F3N4O/c1-22(2)15(24)10-5-7-11(8-6-10)23-14-12(4-3-9-20-14)13(21-23)16(17,18)19/h5-8,20H,3-4,9H2,1-2H3. The average molecular weight is 338 g/mol. The molecular weight excluding hydrogens is 321 g/mol. The lowest BCUT2D eigenvalue weighted by molar-refractivity contribution is -0.142. The molecule has 1 aliphatic rings. The van der Waals surface area contributed by atoms with Gasteiger partial charge in [0.25, 0.3) is 5.91 Å². The van der Waals surface area contributed by atoms with Crippen LogP contribution >= 0.6 is 0 Å². The van der Waals surface area contributed by atoms with E-state index >= 15 is 0 Å². The number of carbonyl (C=O) groups is 1. The number of rotatable bonds is 2. The second-order valence-corrected chi connectivity index (χ2v) is 5.86. The maximum absolute atomic E-state index is 13.2. The lowest BCUT2D eigenvalue weighted by atomic mass is 10.1. The molecule has 2 aromatic rings. The molecule has 5 nitrogen and oxygen atoms in total. The molecule has 1 aliphatic heterocycles. The van der Waals surface area contributed by atoms with Crippen molar-refractivity contribution in [1.82, 2.24) is 14.7 Å². The molecule has 24 heavy (non-hydrogen) atoms. The monoisotopic (exact) mass is 338 g/mol. The van der Waals surface area contributed by atoms with E-state index < -0.39 is 11.9 Å². The van der Waals surface area contributed by atoms with Crippen LogP contribution in [0, 0.1) is 0 Å². The molecule has 2 heterocycles. The van der Waals surface area contributed by atoms with Gasteiger partial charge in [-0.05, 0) is 37.1 Å². The summed E-state index contributed by atoms with van der Waals surface area (Å²) >= 11 is 0. The molecule has 1 amide bonds. The minimum Gasteiger partial charge on any atom is -0.370 e. The largest absolute Gasteiger partial charge is 0.435 e. The van der Waals surface area contributed by atoms with E-state index in [1.807, 2.05) is 0 Å². The zero-order chi connectivity index (χ0) is 17.5. The van der Waals surface area contributed by atoms with Crippen LogP contribution in [0.4, 0.5) is 19.0 Å². The summed E-state index contributed by atoms with van der Waals surface area (Å²) in [7, 11) is 3.28. The summed E-state index contributed by atoms with van der Waals surface area (Å²) in [5.74, 6) is 0.207. The Morgan fingerprint density at radius 3 is 2.50 bits per heavy atom. The van der Waals surface area contributed by atoms with Crippen molar-refractivity contribution in [1.29, 1.82) is 0 Å². The Balaban J connectivity index is 2.04. The van der Waals surface area contributed by atoms with E-state index in [9.17, 15) is 18.0 Å². The van der Waals surface area contributed by atoms with E-state index in [4.69, 9.17) is 0 Å². The number of hydrogen-bond donors (Lipinski definition) is 1. The van der Waals surface area contributed by atoms with Crippen molar-refractivity contribution in [2.45, 2.75) is 19.0 Å². The van der Waals surface area contributed by atoms with E-state index in [-0.39, 0.29) is 11.5 Å². The number of aromatic nitrogens is 2. The van der Waals surface area contributed by atoms with Crippen LogP contribution in [0.5, 0.6) is 0 Å². The molecule has 8 heteroatoms. The van der Waals surface area contributed by atoms with Crippen LogP contribution in [-0.2, 0) is 12.6 Å². The summed E-state index contributed by atoms with van der Waals surface area (Å²) in [4.78, 5) is 13.3. The summed E-state index contributed by atoms with van der Waals surface area (Å²) < 4.78 is 40.9. The van der Waals surface area contributed by atoms with Crippen molar-refractivity contribution in [2.75, 3.05) is 26.0 Å². The highest BCUT2D eigenvalue weighted by Crippen LogP contribution is 2.37. The van der Waals surface area contributed by atoms with Gasteiger partial charge in [-0.2, -0.15) is 18.3 Å². The number of amides is 1. The van der Waals surface area contributed by atoms with Gasteiger partial charge in [-0.3, -0.25) is 4.79 Å². The fraction of sp³-hybridized carbons (Fsp3) is 0.375. The molecule has 1 N–H and O–H groups in total. The fourth-order valence-corrected chi connectivity index (χ4v) is 2.76. The molecule has 0 saturated heterocycles. The number of carbonyl (C=O) groups excluding carboxylic acids is 1. The quantitative estimate of drug-likeness (QED) is 0.916. The fourth-order valence-electron chi connectivity index (χ4n) is 2.76. The third kappa shape index (κ3) is 2.83. The zero-order valence-electron chi connectivity index (χ0n) is 13.3. The van der Waals surface area contributed by atoms with Gasteiger partial charge in [-0.25, -0.2) is 4.68 Å². The number of fused-ring (bicyclic) bond motifs is 1. The Hall–Kier alpha value is -2.51. The SMILES string of the molecule is CN(C)C(=O)c1ccc(-n2nc(C(F)(F)F)c3c2NCCC3)cc1. The van der Waals surface area contributed by atoms with E-state index in [0.717, 1.165) is 0 Å². The molecule has 0 fully saturated rings. The first kappa shape index (κ1) is 16.4. The maximum atomic E-state index is 13.2. The van der Waals surface area contributed by atoms with Crippen LogP contribution in [0.25, 0.3) is 5.69 Å². The van der Waals surface area contributed by atoms with Crippen molar-refractivity contribution in [3.05, 3.63) is 41.1 Å². The topological polar surface area (TPSA) is 50.2 Å². The molecule has 3 rings (SSSR count). The van der Waals surface area contributed by atoms with Crippen LogP contribution in [-0.4, -0.2) is 41.2 Å². The third-order valence-corrected chi connectivity index (χ3v) is 3.91. The molecule has 0 unspecified atom stereocenters. The summed E-state index contributed by atoms with van der Waals surface area (Å²) in [6.45, 7) is 0.604. The number of hydrogen-bond acceptors (Lipinski definition) is 3. The molecule has 128 valence electrons. The van der Waals surface area contributed by atoms with Gasteiger partial charge < -0.3 is 10.2 Å². The molecule has 0 saturated carbocycles. The predicted octanol–water partition coefficient (Wildman–Crippen LogP) is 2.95. The van der Waals surface area contributed by atoms with E-state index in [1.165, 1.54) is 9.58 Å². The van der Waals surface area contributed by atoms with Crippen molar-refractivity contribution in [3.8, 4) is 5.69 Å². The van der Waals surface area contributed by atoms with E-state index in [2.05, 4.69) is 10.4 Å². The van der Waals surface area contributed by atoms with Crippen LogP contribution in [0.3, 0.4) is 0 Å². The summed E-state index contributed by atoms with van der Waals surface area (Å²) in [6.07, 6.45) is -3.51. The Bertz CT molecular complexity index is 763. The van der Waals surface area contributed by atoms with Crippen LogP contribution < -0.4 is 5.32 Å². The van der Waals surface area contributed by atoms with Gasteiger partial charge in [0, 0.05) is 31.8 Å². The maximum Gasteiger partial charge on any atom is 0.435 e. The van der Waals surface area contributed by atoms with Gasteiger partial charge in [0.1, 0.15) is 5.82 Å². The molecule has 1 aromatic heterocycles. The molecule has 1 aromatic carbocycles. The highest BCUT2D eigenvalue weighted by Gasteiger charge is 2.39. The highest BCUT2D eigenvalue weighted by atomic mass is 19.4. The number of benzene rings is 1. The third-order valence-electron chi connectivity index (χ3n) is 3.91. The average Bonchev–Trinajstić information content (AvgIpc) is 2.94. The minimum atomic E-state index is -4.49. The highest BCUT2D eigenvalue weighted by molar-refractivity contribution is 5.94. The lowest BCUT2D eigenvalue weighted by Gasteiger charge is -2.17. The van der Waals surface area contributed by atoms with Crippen LogP contribution in [0.2, 0.25) is 0 Å². The number of anilines is 1. The number of halogens is 3. The number of nitrogens with zero attached hydrogens (tertiary/aromatic N) is 3. The van der Waals surface area contributed by atoms with Gasteiger partial charge >= 0.3 is 6.18 Å². The Morgan fingerprint density at radius 2 is 1.92 bits per heavy atom. The van der Waals surface area contributed by atoms with Gasteiger partial charge in [0.05, 0.1) is 5.69 Å². The van der Waals surface area contributed by atoms with Crippen LogP contribution in [0.1, 0.15) is 28.0 Å². The summed E-state index contributed by atoms with van der Waals surface area (Å²) in [6, 6.07) is 6.37.